The Morgan fingerprint density at radius 1 is 1.35 bits per heavy atom. The molecular weight excluding hydrogens is 248 g/mol. The predicted molar refractivity (Wildman–Crippen MR) is 80.1 cm³/mol. The molecule has 0 amide bonds. The van der Waals surface area contributed by atoms with E-state index in [1.165, 1.54) is 16.7 Å². The molecule has 1 atom stereocenters. The highest BCUT2D eigenvalue weighted by Crippen LogP contribution is 2.30. The third-order valence-corrected chi connectivity index (χ3v) is 3.78. The maximum atomic E-state index is 5.59. The second-order valence-corrected chi connectivity index (χ2v) is 5.16. The van der Waals surface area contributed by atoms with Gasteiger partial charge in [-0.15, -0.1) is 0 Å². The van der Waals surface area contributed by atoms with Gasteiger partial charge >= 0.3 is 0 Å². The molecule has 0 fully saturated rings. The van der Waals surface area contributed by atoms with E-state index in [0.29, 0.717) is 0 Å². The third kappa shape index (κ3) is 2.41. The maximum absolute atomic E-state index is 5.59. The highest BCUT2D eigenvalue weighted by molar-refractivity contribution is 5.43. The summed E-state index contributed by atoms with van der Waals surface area (Å²) in [6.45, 7) is 5.95. The summed E-state index contributed by atoms with van der Waals surface area (Å²) in [5, 5.41) is 3.54. The van der Waals surface area contributed by atoms with Gasteiger partial charge in [-0.1, -0.05) is 25.1 Å². The number of pyridine rings is 1. The van der Waals surface area contributed by atoms with E-state index >= 15 is 0 Å². The van der Waals surface area contributed by atoms with Gasteiger partial charge in [-0.3, -0.25) is 4.98 Å². The fraction of sp³-hybridized carbons (Fsp3) is 0.353. The predicted octanol–water partition coefficient (Wildman–Crippen LogP) is 3.02. The molecule has 20 heavy (non-hydrogen) atoms. The Hall–Kier alpha value is -1.87. The van der Waals surface area contributed by atoms with Gasteiger partial charge in [0.2, 0.25) is 0 Å². The molecule has 3 rings (SSSR count). The van der Waals surface area contributed by atoms with Crippen molar-refractivity contribution in [3.05, 3.63) is 58.9 Å². The van der Waals surface area contributed by atoms with Crippen molar-refractivity contribution in [1.82, 2.24) is 10.3 Å². The summed E-state index contributed by atoms with van der Waals surface area (Å²) in [4.78, 5) is 4.57. The van der Waals surface area contributed by atoms with Crippen LogP contribution in [0.2, 0.25) is 0 Å². The average molecular weight is 268 g/mol. The van der Waals surface area contributed by atoms with Crippen LogP contribution >= 0.6 is 0 Å². The van der Waals surface area contributed by atoms with Crippen molar-refractivity contribution >= 4 is 0 Å². The van der Waals surface area contributed by atoms with E-state index in [-0.39, 0.29) is 6.04 Å². The normalized spacial score (nSPS) is 14.7. The number of aromatic nitrogens is 1. The van der Waals surface area contributed by atoms with Gasteiger partial charge in [0, 0.05) is 12.6 Å². The topological polar surface area (TPSA) is 34.1 Å². The Balaban J connectivity index is 2.01. The van der Waals surface area contributed by atoms with Crippen LogP contribution in [0.4, 0.5) is 0 Å². The van der Waals surface area contributed by atoms with Crippen molar-refractivity contribution in [2.45, 2.75) is 26.3 Å². The molecule has 0 spiro atoms. The van der Waals surface area contributed by atoms with Crippen molar-refractivity contribution in [2.75, 3.05) is 13.2 Å². The van der Waals surface area contributed by atoms with Crippen LogP contribution in [0.15, 0.2) is 36.5 Å². The average Bonchev–Trinajstić information content (AvgIpc) is 2.93. The van der Waals surface area contributed by atoms with Crippen molar-refractivity contribution in [3.63, 3.8) is 0 Å². The molecule has 1 N–H and O–H groups in total. The Morgan fingerprint density at radius 2 is 2.25 bits per heavy atom. The number of hydrogen-bond acceptors (Lipinski definition) is 3. The molecular formula is C17H20N2O. The second-order valence-electron chi connectivity index (χ2n) is 5.16. The molecule has 1 aromatic carbocycles. The van der Waals surface area contributed by atoms with Crippen LogP contribution in [0.25, 0.3) is 0 Å². The summed E-state index contributed by atoms with van der Waals surface area (Å²) in [5.41, 5.74) is 4.89. The number of benzene rings is 1. The zero-order valence-corrected chi connectivity index (χ0v) is 12.0. The molecule has 0 saturated carbocycles. The number of hydrogen-bond donors (Lipinski definition) is 1. The summed E-state index contributed by atoms with van der Waals surface area (Å²) >= 11 is 0. The SMILES string of the molecule is CCNC(c1ccc2c(c1)CCO2)c1ncccc1C. The number of rotatable bonds is 4. The second kappa shape index (κ2) is 5.63. The minimum absolute atomic E-state index is 0.145. The molecule has 1 aromatic heterocycles. The minimum Gasteiger partial charge on any atom is -0.493 e. The van der Waals surface area contributed by atoms with Crippen molar-refractivity contribution < 1.29 is 4.74 Å². The van der Waals surface area contributed by atoms with Gasteiger partial charge in [0.15, 0.2) is 0 Å². The molecule has 2 aromatic rings. The van der Waals surface area contributed by atoms with Crippen LogP contribution < -0.4 is 10.1 Å². The summed E-state index contributed by atoms with van der Waals surface area (Å²) in [6, 6.07) is 10.7. The van der Waals surface area contributed by atoms with Gasteiger partial charge < -0.3 is 10.1 Å². The molecule has 104 valence electrons. The molecule has 1 unspecified atom stereocenters. The third-order valence-electron chi connectivity index (χ3n) is 3.78. The molecule has 0 aliphatic carbocycles. The van der Waals surface area contributed by atoms with Gasteiger partial charge in [0.1, 0.15) is 5.75 Å². The summed E-state index contributed by atoms with van der Waals surface area (Å²) < 4.78 is 5.59. The lowest BCUT2D eigenvalue weighted by Gasteiger charge is -2.20. The van der Waals surface area contributed by atoms with E-state index in [2.05, 4.69) is 48.4 Å². The van der Waals surface area contributed by atoms with Gasteiger partial charge in [-0.05, 0) is 42.3 Å². The molecule has 3 nitrogen and oxygen atoms in total. The molecule has 0 saturated heterocycles. The first kappa shape index (κ1) is 13.1. The monoisotopic (exact) mass is 268 g/mol. The standard InChI is InChI=1S/C17H20N2O/c1-3-18-17(16-12(2)5-4-9-19-16)14-6-7-15-13(11-14)8-10-20-15/h4-7,9,11,17-18H,3,8,10H2,1-2H3. The fourth-order valence-electron chi connectivity index (χ4n) is 2.76. The van der Waals surface area contributed by atoms with Gasteiger partial charge in [-0.25, -0.2) is 0 Å². The Bertz CT molecular complexity index is 610. The zero-order chi connectivity index (χ0) is 13.9. The fourth-order valence-corrected chi connectivity index (χ4v) is 2.76. The smallest absolute Gasteiger partial charge is 0.122 e. The molecule has 0 radical (unpaired) electrons. The van der Waals surface area contributed by atoms with E-state index < -0.39 is 0 Å². The van der Waals surface area contributed by atoms with Crippen molar-refractivity contribution in [2.24, 2.45) is 0 Å². The van der Waals surface area contributed by atoms with E-state index in [9.17, 15) is 0 Å². The highest BCUT2D eigenvalue weighted by Gasteiger charge is 2.19. The van der Waals surface area contributed by atoms with Gasteiger partial charge in [0.05, 0.1) is 18.3 Å². The van der Waals surface area contributed by atoms with E-state index in [1.807, 2.05) is 12.3 Å². The summed E-state index contributed by atoms with van der Waals surface area (Å²) in [7, 11) is 0. The number of nitrogens with one attached hydrogen (secondary N) is 1. The minimum atomic E-state index is 0.145. The quantitative estimate of drug-likeness (QED) is 0.925. The molecule has 1 aliphatic heterocycles. The largest absolute Gasteiger partial charge is 0.493 e. The summed E-state index contributed by atoms with van der Waals surface area (Å²) in [5.74, 6) is 1.03. The first-order chi connectivity index (χ1) is 9.79. The Labute approximate surface area is 120 Å². The summed E-state index contributed by atoms with van der Waals surface area (Å²) in [6.07, 6.45) is 2.87. The molecule has 0 bridgehead atoms. The number of ether oxygens (including phenoxy) is 1. The zero-order valence-electron chi connectivity index (χ0n) is 12.0. The van der Waals surface area contributed by atoms with E-state index in [4.69, 9.17) is 4.74 Å². The van der Waals surface area contributed by atoms with E-state index in [1.54, 1.807) is 0 Å². The number of nitrogens with zero attached hydrogens (tertiary/aromatic N) is 1. The lowest BCUT2D eigenvalue weighted by atomic mass is 9.97. The highest BCUT2D eigenvalue weighted by atomic mass is 16.5. The number of fused-ring (bicyclic) bond motifs is 1. The van der Waals surface area contributed by atoms with Crippen LogP contribution in [0, 0.1) is 6.92 Å². The van der Waals surface area contributed by atoms with Crippen LogP contribution in [0.1, 0.15) is 35.3 Å². The Kier molecular flexibility index (Phi) is 3.70. The van der Waals surface area contributed by atoms with E-state index in [0.717, 1.165) is 31.0 Å². The van der Waals surface area contributed by atoms with Gasteiger partial charge in [0.25, 0.3) is 0 Å². The molecule has 1 aliphatic rings. The maximum Gasteiger partial charge on any atom is 0.122 e. The first-order valence-electron chi connectivity index (χ1n) is 7.20. The van der Waals surface area contributed by atoms with Gasteiger partial charge in [-0.2, -0.15) is 0 Å². The van der Waals surface area contributed by atoms with Crippen molar-refractivity contribution in [1.29, 1.82) is 0 Å². The molecule has 2 heterocycles. The van der Waals surface area contributed by atoms with Crippen LogP contribution in [-0.4, -0.2) is 18.1 Å². The first-order valence-corrected chi connectivity index (χ1v) is 7.20. The van der Waals surface area contributed by atoms with Crippen molar-refractivity contribution in [3.8, 4) is 5.75 Å². The number of aryl methyl sites for hydroxylation is 1. The molecule has 3 heteroatoms. The Morgan fingerprint density at radius 3 is 3.05 bits per heavy atom. The van der Waals surface area contributed by atoms with Crippen LogP contribution in [0.3, 0.4) is 0 Å². The lowest BCUT2D eigenvalue weighted by Crippen LogP contribution is -2.23. The lowest BCUT2D eigenvalue weighted by molar-refractivity contribution is 0.357. The van der Waals surface area contributed by atoms with Crippen LogP contribution in [-0.2, 0) is 6.42 Å². The van der Waals surface area contributed by atoms with Crippen LogP contribution in [0.5, 0.6) is 5.75 Å².